The summed E-state index contributed by atoms with van der Waals surface area (Å²) in [6.07, 6.45) is 4.06. The summed E-state index contributed by atoms with van der Waals surface area (Å²) in [6.45, 7) is 2.56. The number of hydrogen-bond acceptors (Lipinski definition) is 3. The molecule has 1 heterocycles. The molecule has 2 amide bonds. The third-order valence-electron chi connectivity index (χ3n) is 3.57. The Kier molecular flexibility index (Phi) is 5.47. The molecule has 1 N–H and O–H groups in total. The summed E-state index contributed by atoms with van der Waals surface area (Å²) in [4.78, 5) is 13.9. The summed E-state index contributed by atoms with van der Waals surface area (Å²) in [6, 6.07) is 9.48. The first-order chi connectivity index (χ1) is 10.6. The Morgan fingerprint density at radius 2 is 2.05 bits per heavy atom. The van der Waals surface area contributed by atoms with Gasteiger partial charge in [-0.2, -0.15) is 0 Å². The maximum Gasteiger partial charge on any atom is 0.317 e. The zero-order valence-electron chi connectivity index (χ0n) is 13.2. The fraction of sp³-hybridized carbons (Fsp3) is 0.353. The molecule has 0 fully saturated rings. The molecule has 1 atom stereocenters. The van der Waals surface area contributed by atoms with Crippen molar-refractivity contribution in [1.82, 2.24) is 10.2 Å². The number of benzene rings is 1. The van der Waals surface area contributed by atoms with Gasteiger partial charge in [0, 0.05) is 12.6 Å². The highest BCUT2D eigenvalue weighted by atomic mass is 16.5. The van der Waals surface area contributed by atoms with Gasteiger partial charge in [-0.05, 0) is 30.2 Å². The number of rotatable bonds is 6. The minimum atomic E-state index is -0.108. The second kappa shape index (κ2) is 7.54. The molecule has 0 saturated heterocycles. The van der Waals surface area contributed by atoms with Crippen molar-refractivity contribution in [1.29, 1.82) is 0 Å². The Morgan fingerprint density at radius 3 is 2.59 bits per heavy atom. The Balaban J connectivity index is 1.97. The van der Waals surface area contributed by atoms with E-state index in [0.717, 1.165) is 23.3 Å². The van der Waals surface area contributed by atoms with Crippen LogP contribution in [0.15, 0.2) is 47.3 Å². The number of nitrogens with one attached hydrogen (secondary N) is 1. The third-order valence-corrected chi connectivity index (χ3v) is 3.57. The summed E-state index contributed by atoms with van der Waals surface area (Å²) in [5, 5.41) is 3.05. The molecule has 2 rings (SSSR count). The van der Waals surface area contributed by atoms with Gasteiger partial charge in [-0.25, -0.2) is 4.79 Å². The zero-order chi connectivity index (χ0) is 15.9. The average molecular weight is 302 g/mol. The first-order valence-electron chi connectivity index (χ1n) is 7.30. The van der Waals surface area contributed by atoms with Gasteiger partial charge in [-0.15, -0.1) is 0 Å². The van der Waals surface area contributed by atoms with Crippen LogP contribution in [0.5, 0.6) is 5.75 Å². The van der Waals surface area contributed by atoms with Crippen molar-refractivity contribution in [3.8, 4) is 5.75 Å². The highest BCUT2D eigenvalue weighted by Gasteiger charge is 2.16. The maximum atomic E-state index is 12.3. The molecule has 0 bridgehead atoms. The molecular weight excluding hydrogens is 280 g/mol. The SMILES string of the molecule is CC[C@H](NC(=O)N(C)Cc1ccoc1)c1ccc(OC)cc1. The molecule has 5 heteroatoms. The molecule has 5 nitrogen and oxygen atoms in total. The van der Waals surface area contributed by atoms with E-state index in [2.05, 4.69) is 5.32 Å². The van der Waals surface area contributed by atoms with E-state index >= 15 is 0 Å². The van der Waals surface area contributed by atoms with E-state index in [4.69, 9.17) is 9.15 Å². The lowest BCUT2D eigenvalue weighted by molar-refractivity contribution is 0.202. The van der Waals surface area contributed by atoms with E-state index in [1.54, 1.807) is 31.6 Å². The largest absolute Gasteiger partial charge is 0.497 e. The second-order valence-electron chi connectivity index (χ2n) is 5.17. The number of ether oxygens (including phenoxy) is 1. The van der Waals surface area contributed by atoms with Gasteiger partial charge in [0.1, 0.15) is 5.75 Å². The molecule has 2 aromatic rings. The number of nitrogens with zero attached hydrogens (tertiary/aromatic N) is 1. The quantitative estimate of drug-likeness (QED) is 0.887. The monoisotopic (exact) mass is 302 g/mol. The van der Waals surface area contributed by atoms with Crippen molar-refractivity contribution in [2.75, 3.05) is 14.2 Å². The normalized spacial score (nSPS) is 11.8. The smallest absolute Gasteiger partial charge is 0.317 e. The van der Waals surface area contributed by atoms with E-state index in [-0.39, 0.29) is 12.1 Å². The maximum absolute atomic E-state index is 12.3. The minimum Gasteiger partial charge on any atom is -0.497 e. The van der Waals surface area contributed by atoms with Crippen LogP contribution in [0.3, 0.4) is 0 Å². The predicted octanol–water partition coefficient (Wildman–Crippen LogP) is 3.58. The van der Waals surface area contributed by atoms with Crippen LogP contribution in [0, 0.1) is 0 Å². The third kappa shape index (κ3) is 4.04. The van der Waals surface area contributed by atoms with Gasteiger partial charge in [0.2, 0.25) is 0 Å². The number of furan rings is 1. The Hall–Kier alpha value is -2.43. The van der Waals surface area contributed by atoms with Crippen LogP contribution >= 0.6 is 0 Å². The van der Waals surface area contributed by atoms with Crippen LogP contribution in [-0.4, -0.2) is 25.1 Å². The first kappa shape index (κ1) is 15.9. The molecule has 1 aromatic heterocycles. The van der Waals surface area contributed by atoms with Crippen LogP contribution < -0.4 is 10.1 Å². The molecule has 0 aliphatic carbocycles. The summed E-state index contributed by atoms with van der Waals surface area (Å²) in [5.41, 5.74) is 2.03. The van der Waals surface area contributed by atoms with E-state index in [1.165, 1.54) is 0 Å². The molecule has 0 aliphatic heterocycles. The predicted molar refractivity (Wildman–Crippen MR) is 84.7 cm³/mol. The lowest BCUT2D eigenvalue weighted by Crippen LogP contribution is -2.38. The summed E-state index contributed by atoms with van der Waals surface area (Å²) in [7, 11) is 3.40. The second-order valence-corrected chi connectivity index (χ2v) is 5.17. The van der Waals surface area contributed by atoms with Crippen LogP contribution in [0.4, 0.5) is 4.79 Å². The van der Waals surface area contributed by atoms with Gasteiger partial charge in [0.15, 0.2) is 0 Å². The van der Waals surface area contributed by atoms with Crippen molar-refractivity contribution in [3.63, 3.8) is 0 Å². The Labute approximate surface area is 130 Å². The molecule has 0 saturated carbocycles. The molecule has 0 aliphatic rings. The van der Waals surface area contributed by atoms with E-state index < -0.39 is 0 Å². The molecule has 0 spiro atoms. The van der Waals surface area contributed by atoms with Gasteiger partial charge < -0.3 is 19.4 Å². The van der Waals surface area contributed by atoms with Crippen LogP contribution in [0.2, 0.25) is 0 Å². The number of carbonyl (C=O) groups is 1. The fourth-order valence-electron chi connectivity index (χ4n) is 2.24. The van der Waals surface area contributed by atoms with Crippen LogP contribution in [-0.2, 0) is 6.54 Å². The Morgan fingerprint density at radius 1 is 1.32 bits per heavy atom. The van der Waals surface area contributed by atoms with Crippen molar-refractivity contribution < 1.29 is 13.9 Å². The lowest BCUT2D eigenvalue weighted by atomic mass is 10.0. The van der Waals surface area contributed by atoms with Crippen molar-refractivity contribution in [3.05, 3.63) is 54.0 Å². The topological polar surface area (TPSA) is 54.7 Å². The highest BCUT2D eigenvalue weighted by molar-refractivity contribution is 5.74. The van der Waals surface area contributed by atoms with Crippen molar-refractivity contribution in [2.24, 2.45) is 0 Å². The highest BCUT2D eigenvalue weighted by Crippen LogP contribution is 2.20. The number of amides is 2. The molecular formula is C17H22N2O3. The molecule has 22 heavy (non-hydrogen) atoms. The minimum absolute atomic E-state index is 0.0230. The molecule has 1 aromatic carbocycles. The average Bonchev–Trinajstić information content (AvgIpc) is 3.05. The molecule has 118 valence electrons. The number of urea groups is 1. The number of methoxy groups -OCH3 is 1. The zero-order valence-corrected chi connectivity index (χ0v) is 13.2. The first-order valence-corrected chi connectivity index (χ1v) is 7.30. The lowest BCUT2D eigenvalue weighted by Gasteiger charge is -2.23. The van der Waals surface area contributed by atoms with Gasteiger partial charge >= 0.3 is 6.03 Å². The van der Waals surface area contributed by atoms with Gasteiger partial charge in [-0.3, -0.25) is 0 Å². The standard InChI is InChI=1S/C17H22N2O3/c1-4-16(14-5-7-15(21-3)8-6-14)18-17(20)19(2)11-13-9-10-22-12-13/h5-10,12,16H,4,11H2,1-3H3,(H,18,20)/t16-/m0/s1. The van der Waals surface area contributed by atoms with Gasteiger partial charge in [0.25, 0.3) is 0 Å². The summed E-state index contributed by atoms with van der Waals surface area (Å²) < 4.78 is 10.2. The summed E-state index contributed by atoms with van der Waals surface area (Å²) >= 11 is 0. The number of hydrogen-bond donors (Lipinski definition) is 1. The van der Waals surface area contributed by atoms with Crippen molar-refractivity contribution >= 4 is 6.03 Å². The van der Waals surface area contributed by atoms with Crippen LogP contribution in [0.25, 0.3) is 0 Å². The van der Waals surface area contributed by atoms with E-state index in [1.807, 2.05) is 37.3 Å². The van der Waals surface area contributed by atoms with E-state index in [9.17, 15) is 4.79 Å². The number of carbonyl (C=O) groups excluding carboxylic acids is 1. The van der Waals surface area contributed by atoms with E-state index in [0.29, 0.717) is 6.54 Å². The molecule has 0 radical (unpaired) electrons. The fourth-order valence-corrected chi connectivity index (χ4v) is 2.24. The molecule has 0 unspecified atom stereocenters. The van der Waals surface area contributed by atoms with Gasteiger partial charge in [-0.1, -0.05) is 19.1 Å². The van der Waals surface area contributed by atoms with Crippen molar-refractivity contribution in [2.45, 2.75) is 25.9 Å². The van der Waals surface area contributed by atoms with Gasteiger partial charge in [0.05, 0.1) is 32.2 Å². The Bertz CT molecular complexity index is 578. The van der Waals surface area contributed by atoms with Crippen LogP contribution in [0.1, 0.15) is 30.5 Å². The summed E-state index contributed by atoms with van der Waals surface area (Å²) in [5.74, 6) is 0.807.